The SMILES string of the molecule is COc1cc(Br)ccc1C(=O)NCc1cc(F)ccc1Br. The maximum absolute atomic E-state index is 13.2. The van der Waals surface area contributed by atoms with Crippen molar-refractivity contribution in [2.75, 3.05) is 7.11 Å². The fourth-order valence-corrected chi connectivity index (χ4v) is 2.53. The molecule has 6 heteroatoms. The number of amides is 1. The second-order valence-corrected chi connectivity index (χ2v) is 6.03. The van der Waals surface area contributed by atoms with Crippen LogP contribution in [0.15, 0.2) is 45.3 Å². The van der Waals surface area contributed by atoms with Gasteiger partial charge in [0.2, 0.25) is 0 Å². The molecule has 3 nitrogen and oxygen atoms in total. The first kappa shape index (κ1) is 16.0. The smallest absolute Gasteiger partial charge is 0.255 e. The summed E-state index contributed by atoms with van der Waals surface area (Å²) in [5.41, 5.74) is 1.09. The van der Waals surface area contributed by atoms with Crippen molar-refractivity contribution in [3.63, 3.8) is 0 Å². The monoisotopic (exact) mass is 415 g/mol. The Morgan fingerprint density at radius 1 is 1.24 bits per heavy atom. The first-order valence-electron chi connectivity index (χ1n) is 6.07. The molecule has 21 heavy (non-hydrogen) atoms. The Balaban J connectivity index is 2.13. The summed E-state index contributed by atoms with van der Waals surface area (Å²) < 4.78 is 19.9. The van der Waals surface area contributed by atoms with Crippen LogP contribution < -0.4 is 10.1 Å². The van der Waals surface area contributed by atoms with E-state index in [0.29, 0.717) is 16.9 Å². The number of halogens is 3. The highest BCUT2D eigenvalue weighted by Crippen LogP contribution is 2.24. The van der Waals surface area contributed by atoms with E-state index in [1.165, 1.54) is 19.2 Å². The summed E-state index contributed by atoms with van der Waals surface area (Å²) in [7, 11) is 1.50. The molecule has 0 fully saturated rings. The Bertz CT molecular complexity index is 677. The van der Waals surface area contributed by atoms with Gasteiger partial charge < -0.3 is 10.1 Å². The third-order valence-electron chi connectivity index (χ3n) is 2.86. The fraction of sp³-hybridized carbons (Fsp3) is 0.133. The van der Waals surface area contributed by atoms with E-state index in [4.69, 9.17) is 4.74 Å². The van der Waals surface area contributed by atoms with Crippen LogP contribution in [-0.2, 0) is 6.54 Å². The van der Waals surface area contributed by atoms with E-state index in [2.05, 4.69) is 37.2 Å². The summed E-state index contributed by atoms with van der Waals surface area (Å²) in [5, 5.41) is 2.75. The first-order valence-corrected chi connectivity index (χ1v) is 7.65. The van der Waals surface area contributed by atoms with E-state index < -0.39 is 0 Å². The number of nitrogens with one attached hydrogen (secondary N) is 1. The second kappa shape index (κ2) is 7.04. The number of hydrogen-bond acceptors (Lipinski definition) is 2. The molecule has 0 saturated heterocycles. The van der Waals surface area contributed by atoms with Crippen molar-refractivity contribution in [2.45, 2.75) is 6.54 Å². The minimum absolute atomic E-state index is 0.219. The average molecular weight is 417 g/mol. The van der Waals surface area contributed by atoms with E-state index in [1.807, 2.05) is 0 Å². The molecule has 0 heterocycles. The van der Waals surface area contributed by atoms with Gasteiger partial charge in [-0.3, -0.25) is 4.79 Å². The molecule has 0 spiro atoms. The Morgan fingerprint density at radius 2 is 2.00 bits per heavy atom. The molecule has 0 saturated carbocycles. The van der Waals surface area contributed by atoms with Gasteiger partial charge in [0.1, 0.15) is 11.6 Å². The minimum atomic E-state index is -0.344. The van der Waals surface area contributed by atoms with Gasteiger partial charge >= 0.3 is 0 Å². The second-order valence-electron chi connectivity index (χ2n) is 4.26. The van der Waals surface area contributed by atoms with Crippen molar-refractivity contribution < 1.29 is 13.9 Å². The van der Waals surface area contributed by atoms with Crippen molar-refractivity contribution in [2.24, 2.45) is 0 Å². The van der Waals surface area contributed by atoms with E-state index in [0.717, 1.165) is 8.95 Å². The van der Waals surface area contributed by atoms with Crippen molar-refractivity contribution in [3.05, 3.63) is 62.3 Å². The summed E-state index contributed by atoms with van der Waals surface area (Å²) >= 11 is 6.65. The lowest BCUT2D eigenvalue weighted by molar-refractivity contribution is 0.0947. The number of methoxy groups -OCH3 is 1. The van der Waals surface area contributed by atoms with Crippen LogP contribution in [0.2, 0.25) is 0 Å². The minimum Gasteiger partial charge on any atom is -0.496 e. The zero-order valence-corrected chi connectivity index (χ0v) is 14.3. The summed E-state index contributed by atoms with van der Waals surface area (Å²) in [5.74, 6) is -0.153. The molecule has 0 aliphatic rings. The topological polar surface area (TPSA) is 38.3 Å². The Kier molecular flexibility index (Phi) is 5.36. The lowest BCUT2D eigenvalue weighted by Gasteiger charge is -2.10. The molecule has 0 aliphatic heterocycles. The molecular weight excluding hydrogens is 405 g/mol. The van der Waals surface area contributed by atoms with Gasteiger partial charge in [-0.05, 0) is 42.0 Å². The van der Waals surface area contributed by atoms with Gasteiger partial charge in [-0.1, -0.05) is 31.9 Å². The number of rotatable bonds is 4. The zero-order valence-electron chi connectivity index (χ0n) is 11.1. The quantitative estimate of drug-likeness (QED) is 0.807. The molecule has 0 radical (unpaired) electrons. The van der Waals surface area contributed by atoms with Gasteiger partial charge in [0.25, 0.3) is 5.91 Å². The number of ether oxygens (including phenoxy) is 1. The molecular formula is C15H12Br2FNO2. The van der Waals surface area contributed by atoms with E-state index in [-0.39, 0.29) is 18.3 Å². The maximum Gasteiger partial charge on any atom is 0.255 e. The first-order chi connectivity index (χ1) is 10.0. The van der Waals surface area contributed by atoms with Crippen LogP contribution >= 0.6 is 31.9 Å². The molecule has 110 valence electrons. The van der Waals surface area contributed by atoms with E-state index in [1.54, 1.807) is 24.3 Å². The highest BCUT2D eigenvalue weighted by atomic mass is 79.9. The molecule has 2 aromatic carbocycles. The van der Waals surface area contributed by atoms with Crippen molar-refractivity contribution >= 4 is 37.8 Å². The summed E-state index contributed by atoms with van der Waals surface area (Å²) in [6.07, 6.45) is 0. The molecule has 0 aliphatic carbocycles. The molecule has 0 aromatic heterocycles. The van der Waals surface area contributed by atoms with Gasteiger partial charge in [0.05, 0.1) is 12.7 Å². The summed E-state index contributed by atoms with van der Waals surface area (Å²) in [4.78, 5) is 12.2. The van der Waals surface area contributed by atoms with Gasteiger partial charge in [-0.15, -0.1) is 0 Å². The number of benzene rings is 2. The lowest BCUT2D eigenvalue weighted by Crippen LogP contribution is -2.23. The molecule has 1 N–H and O–H groups in total. The largest absolute Gasteiger partial charge is 0.496 e. The van der Waals surface area contributed by atoms with E-state index in [9.17, 15) is 9.18 Å². The van der Waals surface area contributed by atoms with E-state index >= 15 is 0 Å². The van der Waals surface area contributed by atoms with Crippen molar-refractivity contribution in [1.82, 2.24) is 5.32 Å². The summed E-state index contributed by atoms with van der Waals surface area (Å²) in [6.45, 7) is 0.219. The molecule has 2 aromatic rings. The Hall–Kier alpha value is -1.40. The number of hydrogen-bond donors (Lipinski definition) is 1. The molecule has 0 atom stereocenters. The highest BCUT2D eigenvalue weighted by molar-refractivity contribution is 9.10. The van der Waals surface area contributed by atoms with Gasteiger partial charge in [0, 0.05) is 15.5 Å². The lowest BCUT2D eigenvalue weighted by atomic mass is 10.1. The van der Waals surface area contributed by atoms with Crippen LogP contribution in [-0.4, -0.2) is 13.0 Å². The number of carbonyl (C=O) groups is 1. The van der Waals surface area contributed by atoms with Crippen LogP contribution in [0.5, 0.6) is 5.75 Å². The van der Waals surface area contributed by atoms with Crippen LogP contribution in [0.25, 0.3) is 0 Å². The van der Waals surface area contributed by atoms with Crippen LogP contribution in [0.3, 0.4) is 0 Å². The Morgan fingerprint density at radius 3 is 2.71 bits per heavy atom. The highest BCUT2D eigenvalue weighted by Gasteiger charge is 2.13. The summed E-state index contributed by atoms with van der Waals surface area (Å²) in [6, 6.07) is 9.48. The average Bonchev–Trinajstić information content (AvgIpc) is 2.47. The third kappa shape index (κ3) is 4.04. The van der Waals surface area contributed by atoms with Gasteiger partial charge in [-0.2, -0.15) is 0 Å². The number of carbonyl (C=O) groups excluding carboxylic acids is 1. The molecule has 0 bridgehead atoms. The van der Waals surface area contributed by atoms with Crippen LogP contribution in [0.1, 0.15) is 15.9 Å². The zero-order chi connectivity index (χ0) is 15.4. The molecule has 0 unspecified atom stereocenters. The standard InChI is InChI=1S/C15H12Br2FNO2/c1-21-14-7-10(16)2-4-12(14)15(20)19-8-9-6-11(18)3-5-13(9)17/h2-7H,8H2,1H3,(H,19,20). The normalized spacial score (nSPS) is 10.3. The molecule has 1 amide bonds. The van der Waals surface area contributed by atoms with Crippen LogP contribution in [0.4, 0.5) is 4.39 Å². The van der Waals surface area contributed by atoms with Crippen LogP contribution in [0, 0.1) is 5.82 Å². The Labute approximate surface area is 138 Å². The predicted octanol–water partition coefficient (Wildman–Crippen LogP) is 4.29. The third-order valence-corrected chi connectivity index (χ3v) is 4.12. The van der Waals surface area contributed by atoms with Gasteiger partial charge in [-0.25, -0.2) is 4.39 Å². The van der Waals surface area contributed by atoms with Crippen molar-refractivity contribution in [3.8, 4) is 5.75 Å². The fourth-order valence-electron chi connectivity index (χ4n) is 1.80. The maximum atomic E-state index is 13.2. The molecule has 2 rings (SSSR count). The van der Waals surface area contributed by atoms with Gasteiger partial charge in [0.15, 0.2) is 0 Å². The predicted molar refractivity (Wildman–Crippen MR) is 86.0 cm³/mol. The van der Waals surface area contributed by atoms with Crippen molar-refractivity contribution in [1.29, 1.82) is 0 Å².